The molecule has 3 aromatic heterocycles. The van der Waals surface area contributed by atoms with Crippen LogP contribution in [-0.2, 0) is 6.54 Å². The number of rotatable bonds is 5. The van der Waals surface area contributed by atoms with Crippen LogP contribution >= 0.6 is 0 Å². The van der Waals surface area contributed by atoms with Gasteiger partial charge < -0.3 is 9.88 Å². The number of benzene rings is 1. The highest BCUT2D eigenvalue weighted by Gasteiger charge is 2.19. The van der Waals surface area contributed by atoms with E-state index in [2.05, 4.69) is 20.5 Å². The summed E-state index contributed by atoms with van der Waals surface area (Å²) in [6.07, 6.45) is 3.40. The Morgan fingerprint density at radius 3 is 2.76 bits per heavy atom. The van der Waals surface area contributed by atoms with Gasteiger partial charge in [0.2, 0.25) is 0 Å². The first-order valence-corrected chi connectivity index (χ1v) is 9.39. The van der Waals surface area contributed by atoms with Crippen molar-refractivity contribution >= 4 is 16.9 Å². The summed E-state index contributed by atoms with van der Waals surface area (Å²) in [6.45, 7) is 3.93. The Morgan fingerprint density at radius 2 is 1.97 bits per heavy atom. The van der Waals surface area contributed by atoms with Crippen molar-refractivity contribution in [3.8, 4) is 0 Å². The number of H-pyrrole nitrogens is 1. The van der Waals surface area contributed by atoms with E-state index in [0.717, 1.165) is 16.6 Å². The van der Waals surface area contributed by atoms with Gasteiger partial charge in [0, 0.05) is 17.8 Å². The quantitative estimate of drug-likeness (QED) is 0.551. The number of pyridine rings is 2. The normalized spacial score (nSPS) is 12.1. The maximum absolute atomic E-state index is 13.1. The summed E-state index contributed by atoms with van der Waals surface area (Å²) < 4.78 is 1.59. The molecule has 0 aliphatic carbocycles. The van der Waals surface area contributed by atoms with E-state index in [0.29, 0.717) is 11.2 Å². The number of amides is 1. The Morgan fingerprint density at radius 1 is 1.17 bits per heavy atom. The third kappa shape index (κ3) is 3.54. The molecule has 0 aliphatic heterocycles. The van der Waals surface area contributed by atoms with Gasteiger partial charge in [0.25, 0.3) is 11.5 Å². The molecule has 146 valence electrons. The van der Waals surface area contributed by atoms with Crippen molar-refractivity contribution in [3.63, 3.8) is 0 Å². The van der Waals surface area contributed by atoms with Gasteiger partial charge in [-0.1, -0.05) is 30.3 Å². The number of nitrogens with zero attached hydrogens (tertiary/aromatic N) is 3. The number of aryl methyl sites for hydroxylation is 1. The molecule has 2 N–H and O–H groups in total. The van der Waals surface area contributed by atoms with Crippen LogP contribution in [0.1, 0.15) is 40.1 Å². The van der Waals surface area contributed by atoms with Crippen molar-refractivity contribution in [2.75, 3.05) is 0 Å². The van der Waals surface area contributed by atoms with Crippen LogP contribution in [0.25, 0.3) is 11.0 Å². The fourth-order valence-corrected chi connectivity index (χ4v) is 3.41. The molecule has 3 heterocycles. The number of hydrogen-bond donors (Lipinski definition) is 2. The molecule has 1 amide bonds. The van der Waals surface area contributed by atoms with E-state index < -0.39 is 5.91 Å². The van der Waals surface area contributed by atoms with E-state index in [1.165, 1.54) is 0 Å². The van der Waals surface area contributed by atoms with Crippen LogP contribution in [0.5, 0.6) is 0 Å². The first kappa shape index (κ1) is 18.6. The van der Waals surface area contributed by atoms with Crippen LogP contribution in [0, 0.1) is 6.92 Å². The first-order chi connectivity index (χ1) is 14.1. The maximum Gasteiger partial charge on any atom is 0.264 e. The lowest BCUT2D eigenvalue weighted by Crippen LogP contribution is -2.35. The lowest BCUT2D eigenvalue weighted by molar-refractivity contribution is 0.0947. The average Bonchev–Trinajstić information content (AvgIpc) is 3.16. The summed E-state index contributed by atoms with van der Waals surface area (Å²) in [5.41, 5.74) is 2.81. The standard InChI is InChI=1S/C22H21N5O2/c1-14-10-12-27(15(2)16-7-4-3-5-8-16)22(29)19(14)21(28)24-13-18-17-9-6-11-23-20(17)26-25-18/h3-12,15H,13H2,1-2H3,(H,24,28)(H,23,25,26). The second kappa shape index (κ2) is 7.71. The molecular weight excluding hydrogens is 366 g/mol. The Labute approximate surface area is 167 Å². The average molecular weight is 387 g/mol. The monoisotopic (exact) mass is 387 g/mol. The third-order valence-corrected chi connectivity index (χ3v) is 5.09. The fourth-order valence-electron chi connectivity index (χ4n) is 3.41. The van der Waals surface area contributed by atoms with Crippen LogP contribution in [0.2, 0.25) is 0 Å². The third-order valence-electron chi connectivity index (χ3n) is 5.09. The number of aromatic nitrogens is 4. The molecule has 1 aromatic carbocycles. The van der Waals surface area contributed by atoms with Gasteiger partial charge in [-0.25, -0.2) is 4.98 Å². The molecule has 1 unspecified atom stereocenters. The van der Waals surface area contributed by atoms with E-state index in [1.54, 1.807) is 30.0 Å². The van der Waals surface area contributed by atoms with E-state index in [4.69, 9.17) is 0 Å². The Balaban J connectivity index is 1.60. The molecule has 0 saturated carbocycles. The molecule has 7 heteroatoms. The van der Waals surface area contributed by atoms with Gasteiger partial charge in [-0.15, -0.1) is 0 Å². The molecule has 0 radical (unpaired) electrons. The number of nitrogens with one attached hydrogen (secondary N) is 2. The summed E-state index contributed by atoms with van der Waals surface area (Å²) in [6, 6.07) is 15.0. The number of hydrogen-bond acceptors (Lipinski definition) is 4. The summed E-state index contributed by atoms with van der Waals surface area (Å²) in [7, 11) is 0. The fraction of sp³-hybridized carbons (Fsp3) is 0.182. The van der Waals surface area contributed by atoms with Gasteiger partial charge in [-0.2, -0.15) is 5.10 Å². The lowest BCUT2D eigenvalue weighted by atomic mass is 10.1. The summed E-state index contributed by atoms with van der Waals surface area (Å²) in [5.74, 6) is -0.409. The summed E-state index contributed by atoms with van der Waals surface area (Å²) in [5, 5.41) is 10.7. The van der Waals surface area contributed by atoms with Crippen LogP contribution in [0.15, 0.2) is 65.7 Å². The molecule has 0 fully saturated rings. The predicted molar refractivity (Wildman–Crippen MR) is 111 cm³/mol. The zero-order valence-corrected chi connectivity index (χ0v) is 16.2. The van der Waals surface area contributed by atoms with Crippen molar-refractivity contribution in [1.29, 1.82) is 0 Å². The van der Waals surface area contributed by atoms with Crippen LogP contribution in [-0.4, -0.2) is 25.7 Å². The van der Waals surface area contributed by atoms with Gasteiger partial charge in [0.05, 0.1) is 18.3 Å². The molecule has 29 heavy (non-hydrogen) atoms. The van der Waals surface area contributed by atoms with Crippen molar-refractivity contribution in [3.05, 3.63) is 93.7 Å². The number of carbonyl (C=O) groups excluding carboxylic acids is 1. The smallest absolute Gasteiger partial charge is 0.264 e. The number of fused-ring (bicyclic) bond motifs is 1. The van der Waals surface area contributed by atoms with Gasteiger partial charge in [-0.05, 0) is 43.2 Å². The Hall–Kier alpha value is -3.74. The largest absolute Gasteiger partial charge is 0.346 e. The van der Waals surface area contributed by atoms with E-state index in [1.807, 2.05) is 49.4 Å². The minimum absolute atomic E-state index is 0.150. The van der Waals surface area contributed by atoms with Gasteiger partial charge in [0.15, 0.2) is 5.65 Å². The summed E-state index contributed by atoms with van der Waals surface area (Å²) >= 11 is 0. The molecule has 7 nitrogen and oxygen atoms in total. The molecule has 0 aliphatic rings. The maximum atomic E-state index is 13.1. The first-order valence-electron chi connectivity index (χ1n) is 9.39. The van der Waals surface area contributed by atoms with Gasteiger partial charge >= 0.3 is 0 Å². The number of aromatic amines is 1. The second-order valence-electron chi connectivity index (χ2n) is 6.93. The minimum atomic E-state index is -0.409. The molecule has 4 aromatic rings. The lowest BCUT2D eigenvalue weighted by Gasteiger charge is -2.17. The summed E-state index contributed by atoms with van der Waals surface area (Å²) in [4.78, 5) is 30.1. The SMILES string of the molecule is Cc1ccn(C(C)c2ccccc2)c(=O)c1C(=O)NCc1[nH]nc2ncccc12. The molecule has 0 spiro atoms. The van der Waals surface area contributed by atoms with E-state index in [-0.39, 0.29) is 23.7 Å². The van der Waals surface area contributed by atoms with Crippen molar-refractivity contribution < 1.29 is 4.79 Å². The van der Waals surface area contributed by atoms with Crippen LogP contribution in [0.3, 0.4) is 0 Å². The van der Waals surface area contributed by atoms with Crippen molar-refractivity contribution in [2.24, 2.45) is 0 Å². The molecule has 0 saturated heterocycles. The molecule has 0 bridgehead atoms. The molecule has 4 rings (SSSR count). The zero-order chi connectivity index (χ0) is 20.4. The Bertz CT molecular complexity index is 1230. The topological polar surface area (TPSA) is 92.7 Å². The second-order valence-corrected chi connectivity index (χ2v) is 6.93. The number of carbonyl (C=O) groups is 1. The highest BCUT2D eigenvalue weighted by Crippen LogP contribution is 2.17. The highest BCUT2D eigenvalue weighted by atomic mass is 16.2. The minimum Gasteiger partial charge on any atom is -0.346 e. The predicted octanol–water partition coefficient (Wildman–Crippen LogP) is 2.97. The Kier molecular flexibility index (Phi) is 4.95. The van der Waals surface area contributed by atoms with Crippen LogP contribution < -0.4 is 10.9 Å². The zero-order valence-electron chi connectivity index (χ0n) is 16.2. The molecular formula is C22H21N5O2. The molecule has 1 atom stereocenters. The van der Waals surface area contributed by atoms with Crippen molar-refractivity contribution in [2.45, 2.75) is 26.4 Å². The van der Waals surface area contributed by atoms with Gasteiger partial charge in [0.1, 0.15) is 5.56 Å². The van der Waals surface area contributed by atoms with Crippen LogP contribution in [0.4, 0.5) is 0 Å². The van der Waals surface area contributed by atoms with Crippen molar-refractivity contribution in [1.82, 2.24) is 25.1 Å². The van der Waals surface area contributed by atoms with E-state index >= 15 is 0 Å². The highest BCUT2D eigenvalue weighted by molar-refractivity contribution is 5.95. The van der Waals surface area contributed by atoms with Gasteiger partial charge in [-0.3, -0.25) is 14.7 Å². The van der Waals surface area contributed by atoms with E-state index in [9.17, 15) is 9.59 Å².